The molecule has 0 saturated carbocycles. The molecule has 2 rings (SSSR count). The van der Waals surface area contributed by atoms with E-state index >= 15 is 0 Å². The number of hydrogen-bond acceptors (Lipinski definition) is 2. The van der Waals surface area contributed by atoms with Gasteiger partial charge in [0.25, 0.3) is 5.91 Å². The first-order chi connectivity index (χ1) is 11.0. The Balaban J connectivity index is 2.39. The molecule has 0 aromatic heterocycles. The van der Waals surface area contributed by atoms with Crippen LogP contribution in [0.1, 0.15) is 29.8 Å². The van der Waals surface area contributed by atoms with E-state index in [1.807, 2.05) is 69.3 Å². The van der Waals surface area contributed by atoms with Crippen molar-refractivity contribution >= 4 is 11.6 Å². The Morgan fingerprint density at radius 2 is 1.87 bits per heavy atom. The molecule has 0 atom stereocenters. The zero-order valence-corrected chi connectivity index (χ0v) is 14.0. The predicted octanol–water partition coefficient (Wildman–Crippen LogP) is 4.62. The van der Waals surface area contributed by atoms with Crippen LogP contribution in [0.5, 0.6) is 5.75 Å². The number of carbonyl (C=O) groups is 1. The Morgan fingerprint density at radius 3 is 2.48 bits per heavy atom. The minimum absolute atomic E-state index is 0.0530. The maximum absolute atomic E-state index is 13.0. The molecule has 3 nitrogen and oxygen atoms in total. The van der Waals surface area contributed by atoms with E-state index < -0.39 is 0 Å². The summed E-state index contributed by atoms with van der Waals surface area (Å²) in [5.74, 6) is 0.695. The van der Waals surface area contributed by atoms with E-state index in [1.54, 1.807) is 11.0 Å². The van der Waals surface area contributed by atoms with Gasteiger partial charge in [-0.05, 0) is 45.0 Å². The Kier molecular flexibility index (Phi) is 5.58. The summed E-state index contributed by atoms with van der Waals surface area (Å²) in [6, 6.07) is 15.2. The van der Waals surface area contributed by atoms with Crippen LogP contribution in [0.25, 0.3) is 0 Å². The van der Waals surface area contributed by atoms with Gasteiger partial charge in [0.15, 0.2) is 0 Å². The van der Waals surface area contributed by atoms with Crippen molar-refractivity contribution in [3.8, 4) is 5.75 Å². The van der Waals surface area contributed by atoms with Crippen LogP contribution in [-0.2, 0) is 0 Å². The number of rotatable bonds is 6. The molecule has 0 bridgehead atoms. The summed E-state index contributed by atoms with van der Waals surface area (Å²) in [7, 11) is 0. The summed E-state index contributed by atoms with van der Waals surface area (Å²) >= 11 is 0. The minimum Gasteiger partial charge on any atom is -0.491 e. The summed E-state index contributed by atoms with van der Waals surface area (Å²) in [5, 5.41) is 0. The van der Waals surface area contributed by atoms with Crippen LogP contribution in [0.4, 0.5) is 5.69 Å². The number of ether oxygens (including phenoxy) is 1. The molecule has 2 aromatic carbocycles. The second kappa shape index (κ2) is 7.63. The summed E-state index contributed by atoms with van der Waals surface area (Å²) < 4.78 is 5.79. The zero-order valence-electron chi connectivity index (χ0n) is 14.0. The van der Waals surface area contributed by atoms with Gasteiger partial charge in [0.2, 0.25) is 0 Å². The SMILES string of the molecule is C=CCN(C(=O)c1cccc(OC(C)C)c1C)c1ccccc1. The van der Waals surface area contributed by atoms with Gasteiger partial charge in [-0.15, -0.1) is 6.58 Å². The van der Waals surface area contributed by atoms with Gasteiger partial charge in [-0.25, -0.2) is 0 Å². The van der Waals surface area contributed by atoms with E-state index in [9.17, 15) is 4.79 Å². The van der Waals surface area contributed by atoms with Crippen molar-refractivity contribution in [1.82, 2.24) is 0 Å². The first-order valence-electron chi connectivity index (χ1n) is 7.78. The second-order valence-corrected chi connectivity index (χ2v) is 5.64. The molecule has 3 heteroatoms. The van der Waals surface area contributed by atoms with E-state index in [-0.39, 0.29) is 12.0 Å². The van der Waals surface area contributed by atoms with Gasteiger partial charge in [-0.3, -0.25) is 4.79 Å². The largest absolute Gasteiger partial charge is 0.491 e. The third-order valence-electron chi connectivity index (χ3n) is 3.50. The van der Waals surface area contributed by atoms with Gasteiger partial charge in [-0.2, -0.15) is 0 Å². The van der Waals surface area contributed by atoms with E-state index in [0.717, 1.165) is 17.0 Å². The molecule has 0 spiro atoms. The van der Waals surface area contributed by atoms with Gasteiger partial charge in [0, 0.05) is 23.4 Å². The van der Waals surface area contributed by atoms with Gasteiger partial charge >= 0.3 is 0 Å². The third kappa shape index (κ3) is 4.01. The molecule has 0 fully saturated rings. The average molecular weight is 309 g/mol. The van der Waals surface area contributed by atoms with Gasteiger partial charge in [-0.1, -0.05) is 30.3 Å². The fourth-order valence-electron chi connectivity index (χ4n) is 2.42. The first-order valence-corrected chi connectivity index (χ1v) is 7.78. The van der Waals surface area contributed by atoms with Gasteiger partial charge in [0.05, 0.1) is 6.10 Å². The molecule has 120 valence electrons. The highest BCUT2D eigenvalue weighted by Crippen LogP contribution is 2.25. The standard InChI is InChI=1S/C20H23NO2/c1-5-14-21(17-10-7-6-8-11-17)20(22)18-12-9-13-19(16(18)4)23-15(2)3/h5-13,15H,1,14H2,2-4H3. The number of hydrogen-bond donors (Lipinski definition) is 0. The van der Waals surface area contributed by atoms with Crippen LogP contribution in [0, 0.1) is 6.92 Å². The average Bonchev–Trinajstić information content (AvgIpc) is 2.54. The molecule has 2 aromatic rings. The highest BCUT2D eigenvalue weighted by atomic mass is 16.5. The summed E-state index contributed by atoms with van der Waals surface area (Å²) in [4.78, 5) is 14.7. The van der Waals surface area contributed by atoms with Crippen LogP contribution in [0.15, 0.2) is 61.2 Å². The maximum atomic E-state index is 13.0. The summed E-state index contributed by atoms with van der Waals surface area (Å²) in [6.45, 7) is 10.1. The topological polar surface area (TPSA) is 29.5 Å². The Morgan fingerprint density at radius 1 is 1.17 bits per heavy atom. The number of amides is 1. The van der Waals surface area contributed by atoms with Crippen LogP contribution >= 0.6 is 0 Å². The molecule has 0 N–H and O–H groups in total. The van der Waals surface area contributed by atoms with E-state index in [4.69, 9.17) is 4.74 Å². The first kappa shape index (κ1) is 16.8. The lowest BCUT2D eigenvalue weighted by Crippen LogP contribution is -2.31. The van der Waals surface area contributed by atoms with Gasteiger partial charge < -0.3 is 9.64 Å². The molecule has 23 heavy (non-hydrogen) atoms. The predicted molar refractivity (Wildman–Crippen MR) is 95.3 cm³/mol. The molecule has 0 heterocycles. The van der Waals surface area contributed by atoms with Crippen LogP contribution in [-0.4, -0.2) is 18.6 Å². The highest BCUT2D eigenvalue weighted by Gasteiger charge is 2.20. The molecular weight excluding hydrogens is 286 g/mol. The number of para-hydroxylation sites is 1. The van der Waals surface area contributed by atoms with Crippen molar-refractivity contribution in [2.45, 2.75) is 26.9 Å². The lowest BCUT2D eigenvalue weighted by molar-refractivity contribution is 0.0988. The van der Waals surface area contributed by atoms with Crippen LogP contribution in [0.2, 0.25) is 0 Å². The lowest BCUT2D eigenvalue weighted by Gasteiger charge is -2.23. The zero-order chi connectivity index (χ0) is 16.8. The Labute approximate surface area is 138 Å². The van der Waals surface area contributed by atoms with Crippen molar-refractivity contribution in [1.29, 1.82) is 0 Å². The third-order valence-corrected chi connectivity index (χ3v) is 3.50. The summed E-state index contributed by atoms with van der Waals surface area (Å²) in [5.41, 5.74) is 2.36. The fourth-order valence-corrected chi connectivity index (χ4v) is 2.42. The monoisotopic (exact) mass is 309 g/mol. The molecule has 1 amide bonds. The summed E-state index contributed by atoms with van der Waals surface area (Å²) in [6.07, 6.45) is 1.80. The van der Waals surface area contributed by atoms with Crippen molar-refractivity contribution in [3.63, 3.8) is 0 Å². The van der Waals surface area contributed by atoms with E-state index in [1.165, 1.54) is 0 Å². The Hall–Kier alpha value is -2.55. The minimum atomic E-state index is -0.0530. The second-order valence-electron chi connectivity index (χ2n) is 5.64. The molecule has 0 aliphatic rings. The molecule has 0 unspecified atom stereocenters. The molecule has 0 aliphatic heterocycles. The smallest absolute Gasteiger partial charge is 0.258 e. The number of benzene rings is 2. The molecule has 0 aliphatic carbocycles. The lowest BCUT2D eigenvalue weighted by atomic mass is 10.1. The molecule has 0 radical (unpaired) electrons. The van der Waals surface area contributed by atoms with Crippen LogP contribution in [0.3, 0.4) is 0 Å². The normalized spacial score (nSPS) is 10.4. The van der Waals surface area contributed by atoms with Crippen molar-refractivity contribution in [2.75, 3.05) is 11.4 Å². The number of carbonyl (C=O) groups excluding carboxylic acids is 1. The van der Waals surface area contributed by atoms with Gasteiger partial charge in [0.1, 0.15) is 5.75 Å². The van der Waals surface area contributed by atoms with E-state index in [0.29, 0.717) is 12.1 Å². The fraction of sp³-hybridized carbons (Fsp3) is 0.250. The molecule has 0 saturated heterocycles. The maximum Gasteiger partial charge on any atom is 0.258 e. The highest BCUT2D eigenvalue weighted by molar-refractivity contribution is 6.07. The quantitative estimate of drug-likeness (QED) is 0.729. The Bertz CT molecular complexity index is 677. The molecular formula is C20H23NO2. The van der Waals surface area contributed by atoms with Crippen molar-refractivity contribution < 1.29 is 9.53 Å². The number of anilines is 1. The van der Waals surface area contributed by atoms with Crippen molar-refractivity contribution in [3.05, 3.63) is 72.3 Å². The van der Waals surface area contributed by atoms with E-state index in [2.05, 4.69) is 6.58 Å². The number of nitrogens with zero attached hydrogens (tertiary/aromatic N) is 1. The van der Waals surface area contributed by atoms with Crippen molar-refractivity contribution in [2.24, 2.45) is 0 Å². The van der Waals surface area contributed by atoms with Crippen LogP contribution < -0.4 is 9.64 Å².